The summed E-state index contributed by atoms with van der Waals surface area (Å²) in [6.45, 7) is 11.7. The molecule has 3 saturated carbocycles. The van der Waals surface area contributed by atoms with E-state index in [1.807, 2.05) is 0 Å². The molecule has 238 valence electrons. The highest BCUT2D eigenvalue weighted by atomic mass is 16.4. The molecule has 0 amide bonds. The van der Waals surface area contributed by atoms with Crippen molar-refractivity contribution in [2.45, 2.75) is 144 Å². The Kier molecular flexibility index (Phi) is 11.1. The van der Waals surface area contributed by atoms with Gasteiger partial charge in [0, 0.05) is 18.8 Å². The molecule has 0 aromatic heterocycles. The highest BCUT2D eigenvalue weighted by Gasteiger charge is 2.59. The summed E-state index contributed by atoms with van der Waals surface area (Å²) in [5.41, 5.74) is 2.02. The molecular formula is C37H60O5. The molecule has 0 heterocycles. The molecule has 0 aromatic rings. The number of Topliss-reactive ketones (excluding diaryl/α,β-unsaturated/α-hetero) is 1. The predicted octanol–water partition coefficient (Wildman–Crippen LogP) is 9.34. The molecule has 5 nitrogen and oxygen atoms in total. The summed E-state index contributed by atoms with van der Waals surface area (Å²) in [6.07, 6.45) is 18.9. The van der Waals surface area contributed by atoms with E-state index in [4.69, 9.17) is 5.11 Å². The van der Waals surface area contributed by atoms with E-state index in [1.54, 1.807) is 5.57 Å². The van der Waals surface area contributed by atoms with Crippen molar-refractivity contribution in [3.05, 3.63) is 11.6 Å². The third kappa shape index (κ3) is 7.01. The normalized spacial score (nSPS) is 35.5. The number of aliphatic carboxylic acids is 2. The number of carboxylic acid groups (broad SMARTS) is 2. The van der Waals surface area contributed by atoms with Crippen molar-refractivity contribution >= 4 is 17.7 Å². The first-order valence-corrected chi connectivity index (χ1v) is 17.5. The third-order valence-corrected chi connectivity index (χ3v) is 13.1. The smallest absolute Gasteiger partial charge is 0.306 e. The second-order valence-corrected chi connectivity index (χ2v) is 15.8. The quantitative estimate of drug-likeness (QED) is 0.148. The fourth-order valence-corrected chi connectivity index (χ4v) is 10.5. The number of rotatable bonds is 15. The van der Waals surface area contributed by atoms with Crippen LogP contribution in [0.25, 0.3) is 0 Å². The van der Waals surface area contributed by atoms with Gasteiger partial charge in [0.05, 0.1) is 5.92 Å². The molecule has 1 unspecified atom stereocenters. The minimum absolute atomic E-state index is 0.175. The zero-order valence-corrected chi connectivity index (χ0v) is 27.3. The molecule has 0 radical (unpaired) electrons. The Morgan fingerprint density at radius 2 is 1.57 bits per heavy atom. The van der Waals surface area contributed by atoms with Gasteiger partial charge in [-0.05, 0) is 117 Å². The lowest BCUT2D eigenvalue weighted by molar-refractivity contribution is -0.145. The summed E-state index contributed by atoms with van der Waals surface area (Å²) in [5, 5.41) is 19.0. The summed E-state index contributed by atoms with van der Waals surface area (Å²) >= 11 is 0. The fourth-order valence-electron chi connectivity index (χ4n) is 10.5. The second-order valence-electron chi connectivity index (χ2n) is 15.8. The minimum atomic E-state index is -0.734. The molecule has 0 saturated heterocycles. The Balaban J connectivity index is 1.37. The first-order chi connectivity index (χ1) is 19.9. The van der Waals surface area contributed by atoms with Gasteiger partial charge >= 0.3 is 11.9 Å². The summed E-state index contributed by atoms with van der Waals surface area (Å²) in [6, 6.07) is 0. The maximum atomic E-state index is 13.2. The van der Waals surface area contributed by atoms with Crippen LogP contribution in [0, 0.1) is 58.2 Å². The number of ketones is 1. The van der Waals surface area contributed by atoms with Gasteiger partial charge in [0.15, 0.2) is 0 Å². The van der Waals surface area contributed by atoms with E-state index in [0.717, 1.165) is 70.6 Å². The Morgan fingerprint density at radius 1 is 0.857 bits per heavy atom. The molecule has 4 aliphatic rings. The molecule has 4 rings (SSSR count). The lowest BCUT2D eigenvalue weighted by Gasteiger charge is -2.58. The van der Waals surface area contributed by atoms with E-state index in [2.05, 4.69) is 40.7 Å². The van der Waals surface area contributed by atoms with Crippen LogP contribution in [-0.4, -0.2) is 27.9 Å². The van der Waals surface area contributed by atoms with Crippen molar-refractivity contribution in [3.8, 4) is 0 Å². The van der Waals surface area contributed by atoms with Crippen LogP contribution < -0.4 is 0 Å². The number of carbonyl (C=O) groups is 3. The van der Waals surface area contributed by atoms with E-state index in [1.165, 1.54) is 25.7 Å². The number of carboxylic acids is 2. The number of unbranched alkanes of at least 4 members (excludes halogenated alkanes) is 4. The SMILES string of the molecule is CC(C)CCC(=O)[C@@H](C)[C@H]1CC[C@H]2[C@@H]3CC=C4C[C@@H](C(CCCCCCCC(=O)O)C(=O)O)CC[C@]4(C)[C@H]3CC[C@]12C. The van der Waals surface area contributed by atoms with Gasteiger partial charge in [-0.3, -0.25) is 14.4 Å². The highest BCUT2D eigenvalue weighted by molar-refractivity contribution is 5.81. The van der Waals surface area contributed by atoms with Gasteiger partial charge < -0.3 is 10.2 Å². The Labute approximate surface area is 255 Å². The molecule has 5 heteroatoms. The fraction of sp³-hybridized carbons (Fsp3) is 0.865. The van der Waals surface area contributed by atoms with Crippen molar-refractivity contribution < 1.29 is 24.6 Å². The summed E-state index contributed by atoms with van der Waals surface area (Å²) in [7, 11) is 0. The molecule has 2 N–H and O–H groups in total. The van der Waals surface area contributed by atoms with Crippen molar-refractivity contribution in [1.29, 1.82) is 0 Å². The number of hydrogen-bond acceptors (Lipinski definition) is 3. The van der Waals surface area contributed by atoms with Crippen molar-refractivity contribution in [2.24, 2.45) is 58.2 Å². The Bertz CT molecular complexity index is 998. The molecule has 42 heavy (non-hydrogen) atoms. The molecule has 0 spiro atoms. The maximum Gasteiger partial charge on any atom is 0.306 e. The molecule has 0 aliphatic heterocycles. The van der Waals surface area contributed by atoms with E-state index in [9.17, 15) is 19.5 Å². The van der Waals surface area contributed by atoms with Gasteiger partial charge in [0.2, 0.25) is 0 Å². The van der Waals surface area contributed by atoms with Crippen LogP contribution in [0.1, 0.15) is 144 Å². The van der Waals surface area contributed by atoms with E-state index in [0.29, 0.717) is 41.8 Å². The number of allylic oxidation sites excluding steroid dienone is 2. The maximum absolute atomic E-state index is 13.2. The first-order valence-electron chi connectivity index (χ1n) is 17.5. The minimum Gasteiger partial charge on any atom is -0.481 e. The second kappa shape index (κ2) is 14.0. The zero-order valence-electron chi connectivity index (χ0n) is 27.3. The third-order valence-electron chi connectivity index (χ3n) is 13.1. The van der Waals surface area contributed by atoms with Gasteiger partial charge in [-0.15, -0.1) is 0 Å². The Hall–Kier alpha value is -1.65. The van der Waals surface area contributed by atoms with E-state index < -0.39 is 11.9 Å². The number of fused-ring (bicyclic) bond motifs is 5. The first kappa shape index (κ1) is 33.2. The van der Waals surface area contributed by atoms with Gasteiger partial charge in [-0.25, -0.2) is 0 Å². The molecule has 0 aromatic carbocycles. The number of hydrogen-bond donors (Lipinski definition) is 2. The lowest BCUT2D eigenvalue weighted by Crippen LogP contribution is -2.51. The number of carbonyl (C=O) groups excluding carboxylic acids is 1. The van der Waals surface area contributed by atoms with Gasteiger partial charge in [-0.1, -0.05) is 72.0 Å². The van der Waals surface area contributed by atoms with Crippen LogP contribution in [0.4, 0.5) is 0 Å². The van der Waals surface area contributed by atoms with Crippen LogP contribution in [0.3, 0.4) is 0 Å². The monoisotopic (exact) mass is 584 g/mol. The van der Waals surface area contributed by atoms with Crippen LogP contribution >= 0.6 is 0 Å². The average molecular weight is 585 g/mol. The van der Waals surface area contributed by atoms with Crippen molar-refractivity contribution in [2.75, 3.05) is 0 Å². The lowest BCUT2D eigenvalue weighted by atomic mass is 9.46. The highest BCUT2D eigenvalue weighted by Crippen LogP contribution is 2.67. The summed E-state index contributed by atoms with van der Waals surface area (Å²) < 4.78 is 0. The van der Waals surface area contributed by atoms with Crippen LogP contribution in [-0.2, 0) is 14.4 Å². The van der Waals surface area contributed by atoms with Crippen LogP contribution in [0.2, 0.25) is 0 Å². The zero-order chi connectivity index (χ0) is 30.7. The van der Waals surface area contributed by atoms with E-state index >= 15 is 0 Å². The van der Waals surface area contributed by atoms with Crippen molar-refractivity contribution in [3.63, 3.8) is 0 Å². The predicted molar refractivity (Wildman–Crippen MR) is 168 cm³/mol. The molecule has 3 fully saturated rings. The van der Waals surface area contributed by atoms with Gasteiger partial charge in [0.1, 0.15) is 5.78 Å². The topological polar surface area (TPSA) is 91.7 Å². The standard InChI is InChI=1S/C37H60O5/c1-24(2)13-18-33(38)25(3)30-16-17-31-29-15-14-27-23-26(19-21-36(27,4)32(29)20-22-37(30,31)5)28(35(41)42)11-9-7-6-8-10-12-34(39)40/h14,24-26,28-32H,6-13,15-23H2,1-5H3,(H,39,40)(H,41,42)/t25-,26-,28?,29-,30+,31-,32-,36-,37+/m0/s1. The van der Waals surface area contributed by atoms with Gasteiger partial charge in [0.25, 0.3) is 0 Å². The molecular weight excluding hydrogens is 524 g/mol. The summed E-state index contributed by atoms with van der Waals surface area (Å²) in [4.78, 5) is 36.3. The molecule has 0 bridgehead atoms. The van der Waals surface area contributed by atoms with Crippen molar-refractivity contribution in [1.82, 2.24) is 0 Å². The molecule has 4 aliphatic carbocycles. The van der Waals surface area contributed by atoms with Crippen LogP contribution in [0.15, 0.2) is 11.6 Å². The van der Waals surface area contributed by atoms with Crippen LogP contribution in [0.5, 0.6) is 0 Å². The van der Waals surface area contributed by atoms with Gasteiger partial charge in [-0.2, -0.15) is 0 Å². The summed E-state index contributed by atoms with van der Waals surface area (Å²) in [5.74, 6) is 2.45. The Morgan fingerprint density at radius 3 is 2.26 bits per heavy atom. The largest absolute Gasteiger partial charge is 0.481 e. The molecule has 9 atom stereocenters. The average Bonchev–Trinajstić information content (AvgIpc) is 3.29. The van der Waals surface area contributed by atoms with E-state index in [-0.39, 0.29) is 35.0 Å².